The van der Waals surface area contributed by atoms with Gasteiger partial charge in [0.15, 0.2) is 0 Å². The summed E-state index contributed by atoms with van der Waals surface area (Å²) in [6.07, 6.45) is -3.34. The van der Waals surface area contributed by atoms with Crippen molar-refractivity contribution in [3.63, 3.8) is 0 Å². The summed E-state index contributed by atoms with van der Waals surface area (Å²) in [6, 6.07) is 7.91. The second kappa shape index (κ2) is 6.58. The summed E-state index contributed by atoms with van der Waals surface area (Å²) in [5.41, 5.74) is -0.952. The number of carboxylic acids is 1. The Bertz CT molecular complexity index is 1350. The Morgan fingerprint density at radius 3 is 2.23 bits per heavy atom. The lowest BCUT2D eigenvalue weighted by molar-refractivity contribution is -0.137. The van der Waals surface area contributed by atoms with Gasteiger partial charge in [-0.3, -0.25) is 0 Å². The topological polar surface area (TPSA) is 94.9 Å². The third kappa shape index (κ3) is 3.13. The second-order valence-corrected chi connectivity index (χ2v) is 6.64. The van der Waals surface area contributed by atoms with E-state index in [0.29, 0.717) is 23.3 Å². The first-order valence-corrected chi connectivity index (χ1v) is 8.63. The Hall–Kier alpha value is -3.89. The molecule has 2 aromatic heterocycles. The number of hydrogen-bond acceptors (Lipinski definition) is 4. The molecular formula is C19H14F3N5O3. The van der Waals surface area contributed by atoms with Crippen molar-refractivity contribution in [2.75, 3.05) is 0 Å². The minimum Gasteiger partial charge on any atom is -0.478 e. The SMILES string of the molecule is Cc1nn(C)c(=O)n1-c1ccc(-n2cc3c(C(=O)O)cc(C(F)(F)F)cc3n2)cc1. The first-order valence-electron chi connectivity index (χ1n) is 8.63. The van der Waals surface area contributed by atoms with Gasteiger partial charge in [0.05, 0.1) is 28.0 Å². The fourth-order valence-corrected chi connectivity index (χ4v) is 3.24. The number of rotatable bonds is 3. The van der Waals surface area contributed by atoms with Crippen LogP contribution < -0.4 is 5.69 Å². The van der Waals surface area contributed by atoms with Crippen molar-refractivity contribution in [1.29, 1.82) is 0 Å². The lowest BCUT2D eigenvalue weighted by Crippen LogP contribution is -2.21. The van der Waals surface area contributed by atoms with Gasteiger partial charge in [-0.05, 0) is 43.3 Å². The quantitative estimate of drug-likeness (QED) is 0.553. The number of carboxylic acid groups (broad SMARTS) is 1. The number of aryl methyl sites for hydroxylation is 2. The van der Waals surface area contributed by atoms with Crippen molar-refractivity contribution in [1.82, 2.24) is 24.1 Å². The maximum Gasteiger partial charge on any atom is 0.416 e. The number of halogens is 3. The third-order valence-electron chi connectivity index (χ3n) is 4.64. The number of nitrogens with zero attached hydrogens (tertiary/aromatic N) is 5. The molecule has 0 radical (unpaired) electrons. The first kappa shape index (κ1) is 19.4. The van der Waals surface area contributed by atoms with Crippen molar-refractivity contribution < 1.29 is 23.1 Å². The van der Waals surface area contributed by atoms with Crippen LogP contribution in [0.2, 0.25) is 0 Å². The van der Waals surface area contributed by atoms with Gasteiger partial charge in [-0.2, -0.15) is 23.4 Å². The summed E-state index contributed by atoms with van der Waals surface area (Å²) in [5, 5.41) is 17.6. The average molecular weight is 417 g/mol. The number of alkyl halides is 3. The van der Waals surface area contributed by atoms with Crippen LogP contribution in [-0.2, 0) is 13.2 Å². The predicted octanol–water partition coefficient (Wildman–Crippen LogP) is 2.94. The molecule has 0 aliphatic rings. The molecule has 0 bridgehead atoms. The summed E-state index contributed by atoms with van der Waals surface area (Å²) < 4.78 is 43.2. The van der Waals surface area contributed by atoms with Crippen LogP contribution in [0.15, 0.2) is 47.4 Å². The lowest BCUT2D eigenvalue weighted by atomic mass is 10.1. The van der Waals surface area contributed by atoms with E-state index in [4.69, 9.17) is 0 Å². The standard InChI is InChI=1S/C19H14F3N5O3/c1-10-23-25(2)18(30)27(10)13-5-3-12(4-6-13)26-9-15-14(17(28)29)7-11(19(20,21)22)8-16(15)24-26/h3-9H,1-2H3,(H,28,29). The van der Waals surface area contributed by atoms with E-state index in [1.807, 2.05) is 0 Å². The largest absolute Gasteiger partial charge is 0.478 e. The lowest BCUT2D eigenvalue weighted by Gasteiger charge is -2.07. The molecule has 8 nitrogen and oxygen atoms in total. The number of aromatic nitrogens is 5. The molecule has 2 heterocycles. The number of aromatic carboxylic acids is 1. The predicted molar refractivity (Wildman–Crippen MR) is 100 cm³/mol. The van der Waals surface area contributed by atoms with Crippen molar-refractivity contribution in [3.8, 4) is 11.4 Å². The summed E-state index contributed by atoms with van der Waals surface area (Å²) >= 11 is 0. The summed E-state index contributed by atoms with van der Waals surface area (Å²) in [4.78, 5) is 23.6. The molecule has 154 valence electrons. The van der Waals surface area contributed by atoms with Crippen LogP contribution in [-0.4, -0.2) is 35.2 Å². The molecule has 4 aromatic rings. The fraction of sp³-hybridized carbons (Fsp3) is 0.158. The molecular weight excluding hydrogens is 403 g/mol. The van der Waals surface area contributed by atoms with Crippen LogP contribution in [0.25, 0.3) is 22.3 Å². The summed E-state index contributed by atoms with van der Waals surface area (Å²) in [7, 11) is 1.53. The molecule has 0 unspecified atom stereocenters. The Morgan fingerprint density at radius 1 is 1.07 bits per heavy atom. The molecule has 0 aliphatic heterocycles. The maximum absolute atomic E-state index is 13.1. The van der Waals surface area contributed by atoms with E-state index in [0.717, 1.165) is 6.07 Å². The van der Waals surface area contributed by atoms with E-state index in [-0.39, 0.29) is 16.6 Å². The van der Waals surface area contributed by atoms with Gasteiger partial charge in [-0.1, -0.05) is 0 Å². The number of fused-ring (bicyclic) bond motifs is 1. The Labute approximate surface area is 166 Å². The highest BCUT2D eigenvalue weighted by atomic mass is 19.4. The van der Waals surface area contributed by atoms with Crippen LogP contribution >= 0.6 is 0 Å². The van der Waals surface area contributed by atoms with Gasteiger partial charge in [-0.15, -0.1) is 0 Å². The van der Waals surface area contributed by atoms with Gasteiger partial charge in [0, 0.05) is 18.6 Å². The van der Waals surface area contributed by atoms with E-state index in [2.05, 4.69) is 10.2 Å². The smallest absolute Gasteiger partial charge is 0.416 e. The molecule has 0 amide bonds. The molecule has 4 rings (SSSR count). The Kier molecular flexibility index (Phi) is 4.26. The molecule has 0 aliphatic carbocycles. The van der Waals surface area contributed by atoms with Crippen LogP contribution in [0.4, 0.5) is 13.2 Å². The van der Waals surface area contributed by atoms with E-state index < -0.39 is 23.3 Å². The molecule has 0 saturated carbocycles. The zero-order valence-electron chi connectivity index (χ0n) is 15.7. The van der Waals surface area contributed by atoms with Gasteiger partial charge in [0.1, 0.15) is 5.82 Å². The first-order chi connectivity index (χ1) is 14.1. The molecule has 2 aromatic carbocycles. The van der Waals surface area contributed by atoms with Crippen molar-refractivity contribution in [3.05, 3.63) is 70.0 Å². The Balaban J connectivity index is 1.81. The zero-order valence-corrected chi connectivity index (χ0v) is 15.7. The van der Waals surface area contributed by atoms with Gasteiger partial charge < -0.3 is 5.11 Å². The molecule has 30 heavy (non-hydrogen) atoms. The fourth-order valence-electron chi connectivity index (χ4n) is 3.24. The van der Waals surface area contributed by atoms with Gasteiger partial charge in [0.2, 0.25) is 0 Å². The maximum atomic E-state index is 13.1. The molecule has 11 heteroatoms. The second-order valence-electron chi connectivity index (χ2n) is 6.64. The van der Waals surface area contributed by atoms with E-state index in [1.54, 1.807) is 31.2 Å². The minimum atomic E-state index is -4.70. The minimum absolute atomic E-state index is 0.0823. The number of benzene rings is 2. The normalized spacial score (nSPS) is 11.9. The highest BCUT2D eigenvalue weighted by Crippen LogP contribution is 2.33. The average Bonchev–Trinajstić information content (AvgIpc) is 3.21. The van der Waals surface area contributed by atoms with Crippen molar-refractivity contribution >= 4 is 16.9 Å². The molecule has 0 fully saturated rings. The summed E-state index contributed by atoms with van der Waals surface area (Å²) in [6.45, 7) is 1.68. The van der Waals surface area contributed by atoms with Gasteiger partial charge in [-0.25, -0.2) is 23.5 Å². The molecule has 0 atom stereocenters. The number of carbonyl (C=O) groups is 1. The highest BCUT2D eigenvalue weighted by molar-refractivity contribution is 6.03. The van der Waals surface area contributed by atoms with E-state index in [9.17, 15) is 27.9 Å². The van der Waals surface area contributed by atoms with Gasteiger partial charge >= 0.3 is 17.8 Å². The number of hydrogen-bond donors (Lipinski definition) is 1. The van der Waals surface area contributed by atoms with Crippen LogP contribution in [0.3, 0.4) is 0 Å². The molecule has 0 spiro atoms. The van der Waals surface area contributed by atoms with E-state index in [1.165, 1.54) is 27.2 Å². The monoisotopic (exact) mass is 417 g/mol. The van der Waals surface area contributed by atoms with Crippen LogP contribution in [0.5, 0.6) is 0 Å². The van der Waals surface area contributed by atoms with Crippen LogP contribution in [0.1, 0.15) is 21.7 Å². The van der Waals surface area contributed by atoms with E-state index >= 15 is 0 Å². The highest BCUT2D eigenvalue weighted by Gasteiger charge is 2.32. The third-order valence-corrected chi connectivity index (χ3v) is 4.64. The van der Waals surface area contributed by atoms with Gasteiger partial charge in [0.25, 0.3) is 0 Å². The van der Waals surface area contributed by atoms with Crippen molar-refractivity contribution in [2.24, 2.45) is 7.05 Å². The Morgan fingerprint density at radius 2 is 1.70 bits per heavy atom. The van der Waals surface area contributed by atoms with Crippen molar-refractivity contribution in [2.45, 2.75) is 13.1 Å². The van der Waals surface area contributed by atoms with Crippen LogP contribution in [0, 0.1) is 6.92 Å². The molecule has 0 saturated heterocycles. The summed E-state index contributed by atoms with van der Waals surface area (Å²) in [5.74, 6) is -0.988. The zero-order chi connectivity index (χ0) is 21.8. The molecule has 1 N–H and O–H groups in total.